The van der Waals surface area contributed by atoms with Gasteiger partial charge in [-0.15, -0.1) is 0 Å². The number of carbonyl (C=O) groups is 2. The van der Waals surface area contributed by atoms with E-state index in [0.717, 1.165) is 5.56 Å². The van der Waals surface area contributed by atoms with Crippen LogP contribution in [0.3, 0.4) is 0 Å². The number of aryl methyl sites for hydroxylation is 1. The number of anilines is 1. The third kappa shape index (κ3) is 6.40. The fraction of sp³-hybridized carbons (Fsp3) is 0.227. The summed E-state index contributed by atoms with van der Waals surface area (Å²) in [5.41, 5.74) is 2.15. The molecule has 0 bridgehead atoms. The molecule has 0 aliphatic rings. The fourth-order valence-corrected chi connectivity index (χ4v) is 2.52. The quantitative estimate of drug-likeness (QED) is 0.530. The molecule has 2 aromatic rings. The molecule has 0 atom stereocenters. The van der Waals surface area contributed by atoms with E-state index in [-0.39, 0.29) is 18.1 Å². The lowest BCUT2D eigenvalue weighted by atomic mass is 10.1. The molecule has 0 aliphatic carbocycles. The Kier molecular flexibility index (Phi) is 7.80. The molecule has 0 fully saturated rings. The van der Waals surface area contributed by atoms with Gasteiger partial charge in [-0.1, -0.05) is 18.2 Å². The second kappa shape index (κ2) is 10.5. The normalized spacial score (nSPS) is 10.6. The third-order valence-electron chi connectivity index (χ3n) is 3.87. The van der Waals surface area contributed by atoms with Gasteiger partial charge in [-0.3, -0.25) is 9.59 Å². The lowest BCUT2D eigenvalue weighted by molar-refractivity contribution is -0.123. The summed E-state index contributed by atoms with van der Waals surface area (Å²) >= 11 is 0. The zero-order chi connectivity index (χ0) is 21.2. The molecule has 0 aliphatic heterocycles. The Hall–Kier alpha value is -3.79. The molecule has 2 N–H and O–H groups in total. The number of carbonyl (C=O) groups excluding carboxylic acids is 2. The summed E-state index contributed by atoms with van der Waals surface area (Å²) < 4.78 is 10.8. The van der Waals surface area contributed by atoms with Crippen LogP contribution in [0, 0.1) is 18.3 Å². The van der Waals surface area contributed by atoms with Crippen LogP contribution in [0.15, 0.2) is 48.0 Å². The van der Waals surface area contributed by atoms with Crippen molar-refractivity contribution in [1.82, 2.24) is 5.32 Å². The van der Waals surface area contributed by atoms with E-state index in [1.54, 1.807) is 24.3 Å². The Labute approximate surface area is 169 Å². The highest BCUT2D eigenvalue weighted by Gasteiger charge is 2.12. The zero-order valence-corrected chi connectivity index (χ0v) is 16.6. The first-order valence-corrected chi connectivity index (χ1v) is 9.04. The highest BCUT2D eigenvalue weighted by molar-refractivity contribution is 6.09. The summed E-state index contributed by atoms with van der Waals surface area (Å²) in [4.78, 5) is 24.0. The van der Waals surface area contributed by atoms with Crippen LogP contribution >= 0.6 is 0 Å². The summed E-state index contributed by atoms with van der Waals surface area (Å²) in [5, 5.41) is 14.7. The molecule has 0 unspecified atom stereocenters. The molecule has 0 saturated carbocycles. The Balaban J connectivity index is 2.16. The van der Waals surface area contributed by atoms with E-state index in [1.807, 2.05) is 38.1 Å². The lowest BCUT2D eigenvalue weighted by Crippen LogP contribution is -2.28. The molecule has 0 saturated heterocycles. The zero-order valence-electron chi connectivity index (χ0n) is 16.6. The number of benzene rings is 2. The molecule has 7 heteroatoms. The molecule has 2 rings (SSSR count). The SMILES string of the molecule is CCNC(=O)COc1ccc(/C=C(\C#N)C(=O)Nc2cccc(C)c2)cc1OC. The number of nitrogens with zero attached hydrogens (tertiary/aromatic N) is 1. The predicted molar refractivity (Wildman–Crippen MR) is 111 cm³/mol. The highest BCUT2D eigenvalue weighted by atomic mass is 16.5. The van der Waals surface area contributed by atoms with Gasteiger partial charge in [0.1, 0.15) is 11.6 Å². The first kappa shape index (κ1) is 21.5. The maximum Gasteiger partial charge on any atom is 0.266 e. The lowest BCUT2D eigenvalue weighted by Gasteiger charge is -2.11. The first-order chi connectivity index (χ1) is 14.0. The minimum Gasteiger partial charge on any atom is -0.493 e. The number of nitriles is 1. The van der Waals surface area contributed by atoms with E-state index in [1.165, 1.54) is 13.2 Å². The van der Waals surface area contributed by atoms with Crippen LogP contribution in [0.2, 0.25) is 0 Å². The van der Waals surface area contributed by atoms with Crippen molar-refractivity contribution in [1.29, 1.82) is 5.26 Å². The van der Waals surface area contributed by atoms with Crippen molar-refractivity contribution >= 4 is 23.6 Å². The minimum absolute atomic E-state index is 0.0513. The number of methoxy groups -OCH3 is 1. The Morgan fingerprint density at radius 2 is 1.97 bits per heavy atom. The van der Waals surface area contributed by atoms with E-state index in [0.29, 0.717) is 29.3 Å². The van der Waals surface area contributed by atoms with Gasteiger partial charge in [-0.25, -0.2) is 0 Å². The number of hydrogen-bond acceptors (Lipinski definition) is 5. The molecule has 0 radical (unpaired) electrons. The smallest absolute Gasteiger partial charge is 0.266 e. The maximum absolute atomic E-state index is 12.4. The molecular formula is C22H23N3O4. The molecule has 2 amide bonds. The van der Waals surface area contributed by atoms with Crippen molar-refractivity contribution in [2.45, 2.75) is 13.8 Å². The van der Waals surface area contributed by atoms with Gasteiger partial charge in [0.25, 0.3) is 11.8 Å². The molecule has 0 heterocycles. The largest absolute Gasteiger partial charge is 0.493 e. The number of ether oxygens (including phenoxy) is 2. The first-order valence-electron chi connectivity index (χ1n) is 9.04. The van der Waals surface area contributed by atoms with Gasteiger partial charge >= 0.3 is 0 Å². The van der Waals surface area contributed by atoms with Crippen LogP contribution in [-0.4, -0.2) is 32.1 Å². The fourth-order valence-electron chi connectivity index (χ4n) is 2.52. The van der Waals surface area contributed by atoms with Crippen molar-refractivity contribution in [3.63, 3.8) is 0 Å². The molecule has 150 valence electrons. The standard InChI is InChI=1S/C22H23N3O4/c1-4-24-21(26)14-29-19-9-8-16(12-20(19)28-3)11-17(13-23)22(27)25-18-7-5-6-15(2)10-18/h5-12H,4,14H2,1-3H3,(H,24,26)(H,25,27)/b17-11+. The van der Waals surface area contributed by atoms with Gasteiger partial charge in [-0.05, 0) is 55.3 Å². The van der Waals surface area contributed by atoms with Crippen LogP contribution in [-0.2, 0) is 9.59 Å². The van der Waals surface area contributed by atoms with Crippen molar-refractivity contribution in [2.24, 2.45) is 0 Å². The van der Waals surface area contributed by atoms with Crippen LogP contribution in [0.25, 0.3) is 6.08 Å². The van der Waals surface area contributed by atoms with Gasteiger partial charge in [0.05, 0.1) is 7.11 Å². The van der Waals surface area contributed by atoms with E-state index in [2.05, 4.69) is 10.6 Å². The summed E-state index contributed by atoms with van der Waals surface area (Å²) in [5.74, 6) is 0.0322. The van der Waals surface area contributed by atoms with Crippen LogP contribution in [0.1, 0.15) is 18.1 Å². The van der Waals surface area contributed by atoms with Gasteiger partial charge in [0.15, 0.2) is 18.1 Å². The molecule has 7 nitrogen and oxygen atoms in total. The molecule has 0 spiro atoms. The molecule has 0 aromatic heterocycles. The van der Waals surface area contributed by atoms with Gasteiger partial charge in [0, 0.05) is 12.2 Å². The highest BCUT2D eigenvalue weighted by Crippen LogP contribution is 2.29. The average molecular weight is 393 g/mol. The summed E-state index contributed by atoms with van der Waals surface area (Å²) in [6, 6.07) is 14.2. The van der Waals surface area contributed by atoms with Gasteiger partial charge in [-0.2, -0.15) is 5.26 Å². The van der Waals surface area contributed by atoms with Crippen molar-refractivity contribution in [3.8, 4) is 17.6 Å². The van der Waals surface area contributed by atoms with Crippen molar-refractivity contribution in [2.75, 3.05) is 25.6 Å². The topological polar surface area (TPSA) is 100 Å². The Morgan fingerprint density at radius 3 is 2.62 bits per heavy atom. The van der Waals surface area contributed by atoms with Crippen LogP contribution in [0.4, 0.5) is 5.69 Å². The predicted octanol–water partition coefficient (Wildman–Crippen LogP) is 3.06. The monoisotopic (exact) mass is 393 g/mol. The Morgan fingerprint density at radius 1 is 1.17 bits per heavy atom. The number of amides is 2. The van der Waals surface area contributed by atoms with Gasteiger partial charge in [0.2, 0.25) is 0 Å². The average Bonchev–Trinajstić information content (AvgIpc) is 2.70. The van der Waals surface area contributed by atoms with E-state index in [9.17, 15) is 14.9 Å². The van der Waals surface area contributed by atoms with E-state index in [4.69, 9.17) is 9.47 Å². The second-order valence-electron chi connectivity index (χ2n) is 6.15. The summed E-state index contributed by atoms with van der Waals surface area (Å²) in [6.45, 7) is 4.12. The molecular weight excluding hydrogens is 370 g/mol. The number of rotatable bonds is 8. The number of hydrogen-bond donors (Lipinski definition) is 2. The van der Waals surface area contributed by atoms with Crippen LogP contribution in [0.5, 0.6) is 11.5 Å². The molecule has 2 aromatic carbocycles. The summed E-state index contributed by atoms with van der Waals surface area (Å²) in [7, 11) is 1.47. The van der Waals surface area contributed by atoms with Gasteiger partial charge < -0.3 is 20.1 Å². The van der Waals surface area contributed by atoms with Crippen LogP contribution < -0.4 is 20.1 Å². The molecule has 29 heavy (non-hydrogen) atoms. The Bertz CT molecular complexity index is 961. The van der Waals surface area contributed by atoms with E-state index < -0.39 is 5.91 Å². The maximum atomic E-state index is 12.4. The second-order valence-corrected chi connectivity index (χ2v) is 6.15. The summed E-state index contributed by atoms with van der Waals surface area (Å²) in [6.07, 6.45) is 1.46. The van der Waals surface area contributed by atoms with Crippen molar-refractivity contribution < 1.29 is 19.1 Å². The van der Waals surface area contributed by atoms with Crippen molar-refractivity contribution in [3.05, 3.63) is 59.2 Å². The third-order valence-corrected chi connectivity index (χ3v) is 3.87. The minimum atomic E-state index is -0.506. The van der Waals surface area contributed by atoms with E-state index >= 15 is 0 Å². The number of likely N-dealkylation sites (N-methyl/N-ethyl adjacent to an activating group) is 1. The number of nitrogens with one attached hydrogen (secondary N) is 2.